The van der Waals surface area contributed by atoms with Gasteiger partial charge < -0.3 is 10.2 Å². The molecule has 7 nitrogen and oxygen atoms in total. The Balaban J connectivity index is 1.71. The molecule has 2 amide bonds. The van der Waals surface area contributed by atoms with E-state index < -0.39 is 28.5 Å². The van der Waals surface area contributed by atoms with Crippen LogP contribution in [0.1, 0.15) is 51.0 Å². The lowest BCUT2D eigenvalue weighted by molar-refractivity contribution is -0.140. The summed E-state index contributed by atoms with van der Waals surface area (Å²) in [4.78, 5) is 29.2. The second kappa shape index (κ2) is 14.2. The van der Waals surface area contributed by atoms with E-state index in [-0.39, 0.29) is 39.1 Å². The number of anilines is 1. The number of hydrogen-bond donors (Lipinski definition) is 1. The van der Waals surface area contributed by atoms with Gasteiger partial charge in [-0.1, -0.05) is 97.9 Å². The van der Waals surface area contributed by atoms with Crippen molar-refractivity contribution in [2.75, 3.05) is 10.8 Å². The average Bonchev–Trinajstić information content (AvgIpc) is 2.96. The minimum Gasteiger partial charge on any atom is -0.352 e. The van der Waals surface area contributed by atoms with Crippen LogP contribution in [0.5, 0.6) is 0 Å². The Morgan fingerprint density at radius 1 is 0.902 bits per heavy atom. The summed E-state index contributed by atoms with van der Waals surface area (Å²) in [5.41, 5.74) is 0.979. The van der Waals surface area contributed by atoms with Gasteiger partial charge in [-0.15, -0.1) is 0 Å². The fourth-order valence-corrected chi connectivity index (χ4v) is 7.11. The number of rotatable bonds is 11. The number of amides is 2. The second-order valence-corrected chi connectivity index (χ2v) is 13.0. The van der Waals surface area contributed by atoms with Gasteiger partial charge in [0.25, 0.3) is 10.0 Å². The number of nitrogens with zero attached hydrogens (tertiary/aromatic N) is 2. The Morgan fingerprint density at radius 3 is 2.07 bits per heavy atom. The molecule has 0 spiro atoms. The van der Waals surface area contributed by atoms with E-state index in [0.29, 0.717) is 6.42 Å². The highest BCUT2D eigenvalue weighted by atomic mass is 35.5. The molecule has 1 saturated carbocycles. The minimum atomic E-state index is -4.20. The van der Waals surface area contributed by atoms with Crippen molar-refractivity contribution in [1.82, 2.24) is 10.2 Å². The third-order valence-electron chi connectivity index (χ3n) is 7.28. The molecule has 0 aromatic heterocycles. The van der Waals surface area contributed by atoms with Crippen LogP contribution in [-0.4, -0.2) is 43.8 Å². The molecular formula is C31H35Cl2N3O4S. The number of carbonyl (C=O) groups is 2. The van der Waals surface area contributed by atoms with Crippen molar-refractivity contribution in [3.05, 3.63) is 94.5 Å². The molecule has 218 valence electrons. The molecule has 3 aromatic carbocycles. The van der Waals surface area contributed by atoms with Crippen LogP contribution >= 0.6 is 23.2 Å². The van der Waals surface area contributed by atoms with Gasteiger partial charge in [0.1, 0.15) is 12.6 Å². The molecule has 1 aliphatic carbocycles. The van der Waals surface area contributed by atoms with Crippen LogP contribution in [0.3, 0.4) is 0 Å². The van der Waals surface area contributed by atoms with Crippen LogP contribution in [0.25, 0.3) is 0 Å². The summed E-state index contributed by atoms with van der Waals surface area (Å²) in [7, 11) is -4.20. The minimum absolute atomic E-state index is 0.0144. The largest absolute Gasteiger partial charge is 0.352 e. The van der Waals surface area contributed by atoms with Crippen molar-refractivity contribution in [2.24, 2.45) is 0 Å². The zero-order valence-electron chi connectivity index (χ0n) is 23.0. The monoisotopic (exact) mass is 615 g/mol. The highest BCUT2D eigenvalue weighted by Gasteiger charge is 2.34. The summed E-state index contributed by atoms with van der Waals surface area (Å²) in [6, 6.07) is 20.9. The standard InChI is InChI=1S/C31H35Cl2N3O4S/c1-2-29(31(38)34-26-14-8-4-9-15-26)35(21-23-12-6-3-7-13-23)30(37)22-36(27-19-24(32)18-25(33)20-27)41(39,40)28-16-10-5-11-17-28/h3,5-7,10-13,16-20,26,29H,2,4,8-9,14-15,21-22H2,1H3,(H,34,38)/t29-/m1/s1. The van der Waals surface area contributed by atoms with E-state index in [2.05, 4.69) is 5.32 Å². The molecule has 1 atom stereocenters. The van der Waals surface area contributed by atoms with E-state index in [9.17, 15) is 18.0 Å². The number of halogens is 2. The summed E-state index contributed by atoms with van der Waals surface area (Å²) < 4.78 is 28.8. The van der Waals surface area contributed by atoms with Crippen LogP contribution in [0, 0.1) is 0 Å². The molecule has 0 saturated heterocycles. The maximum Gasteiger partial charge on any atom is 0.264 e. The second-order valence-electron chi connectivity index (χ2n) is 10.2. The van der Waals surface area contributed by atoms with Gasteiger partial charge in [0.05, 0.1) is 10.6 Å². The van der Waals surface area contributed by atoms with Crippen molar-refractivity contribution in [3.63, 3.8) is 0 Å². The lowest BCUT2D eigenvalue weighted by atomic mass is 9.95. The Kier molecular flexibility index (Phi) is 10.7. The van der Waals surface area contributed by atoms with Crippen LogP contribution in [0.15, 0.2) is 83.8 Å². The molecule has 1 aliphatic rings. The lowest BCUT2D eigenvalue weighted by Gasteiger charge is -2.34. The van der Waals surface area contributed by atoms with Crippen molar-refractivity contribution < 1.29 is 18.0 Å². The van der Waals surface area contributed by atoms with E-state index in [1.807, 2.05) is 37.3 Å². The number of benzene rings is 3. The molecule has 41 heavy (non-hydrogen) atoms. The van der Waals surface area contributed by atoms with E-state index in [0.717, 1.165) is 42.0 Å². The molecule has 0 aliphatic heterocycles. The number of sulfonamides is 1. The van der Waals surface area contributed by atoms with Crippen molar-refractivity contribution in [1.29, 1.82) is 0 Å². The van der Waals surface area contributed by atoms with Gasteiger partial charge in [-0.3, -0.25) is 13.9 Å². The zero-order valence-corrected chi connectivity index (χ0v) is 25.3. The topological polar surface area (TPSA) is 86.8 Å². The Labute approximate surface area is 252 Å². The van der Waals surface area contributed by atoms with Gasteiger partial charge >= 0.3 is 0 Å². The van der Waals surface area contributed by atoms with Gasteiger partial charge in [-0.2, -0.15) is 0 Å². The van der Waals surface area contributed by atoms with Crippen LogP contribution in [-0.2, 0) is 26.2 Å². The maximum absolute atomic E-state index is 14.2. The van der Waals surface area contributed by atoms with Gasteiger partial charge in [0.2, 0.25) is 11.8 Å². The summed E-state index contributed by atoms with van der Waals surface area (Å²) in [6.07, 6.45) is 5.46. The Hall–Kier alpha value is -3.07. The third kappa shape index (κ3) is 8.03. The Bertz CT molecular complexity index is 1410. The molecule has 0 unspecified atom stereocenters. The summed E-state index contributed by atoms with van der Waals surface area (Å²) >= 11 is 12.5. The van der Waals surface area contributed by atoms with E-state index in [1.54, 1.807) is 18.2 Å². The normalized spacial score (nSPS) is 14.7. The first kappa shape index (κ1) is 30.9. The summed E-state index contributed by atoms with van der Waals surface area (Å²) in [5, 5.41) is 3.61. The van der Waals surface area contributed by atoms with Crippen LogP contribution in [0.2, 0.25) is 10.0 Å². The molecule has 1 N–H and O–H groups in total. The van der Waals surface area contributed by atoms with Crippen LogP contribution < -0.4 is 9.62 Å². The first-order chi connectivity index (χ1) is 19.7. The predicted molar refractivity (Wildman–Crippen MR) is 164 cm³/mol. The molecule has 4 rings (SSSR count). The van der Waals surface area contributed by atoms with E-state index in [1.165, 1.54) is 35.2 Å². The van der Waals surface area contributed by atoms with E-state index >= 15 is 0 Å². The smallest absolute Gasteiger partial charge is 0.264 e. The van der Waals surface area contributed by atoms with Gasteiger partial charge in [-0.05, 0) is 55.2 Å². The average molecular weight is 617 g/mol. The first-order valence-corrected chi connectivity index (χ1v) is 16.1. The summed E-state index contributed by atoms with van der Waals surface area (Å²) in [6.45, 7) is 1.45. The highest BCUT2D eigenvalue weighted by Crippen LogP contribution is 2.30. The van der Waals surface area contributed by atoms with Crippen LogP contribution in [0.4, 0.5) is 5.69 Å². The van der Waals surface area contributed by atoms with Gasteiger partial charge in [0, 0.05) is 22.6 Å². The molecule has 0 heterocycles. The quantitative estimate of drug-likeness (QED) is 0.269. The number of carbonyl (C=O) groups excluding carboxylic acids is 2. The van der Waals surface area contributed by atoms with Crippen molar-refractivity contribution >= 4 is 50.7 Å². The fraction of sp³-hybridized carbons (Fsp3) is 0.355. The van der Waals surface area contributed by atoms with Crippen molar-refractivity contribution in [2.45, 2.75) is 69.0 Å². The van der Waals surface area contributed by atoms with Gasteiger partial charge in [-0.25, -0.2) is 8.42 Å². The molecule has 1 fully saturated rings. The van der Waals surface area contributed by atoms with Gasteiger partial charge in [0.15, 0.2) is 0 Å². The molecule has 0 radical (unpaired) electrons. The number of hydrogen-bond acceptors (Lipinski definition) is 4. The SMILES string of the molecule is CC[C@H](C(=O)NC1CCCCC1)N(Cc1ccccc1)C(=O)CN(c1cc(Cl)cc(Cl)c1)S(=O)(=O)c1ccccc1. The van der Waals surface area contributed by atoms with E-state index in [4.69, 9.17) is 23.2 Å². The number of nitrogens with one attached hydrogen (secondary N) is 1. The highest BCUT2D eigenvalue weighted by molar-refractivity contribution is 7.92. The Morgan fingerprint density at radius 2 is 1.49 bits per heavy atom. The maximum atomic E-state index is 14.2. The zero-order chi connectivity index (χ0) is 29.4. The molecule has 3 aromatic rings. The molecular weight excluding hydrogens is 581 g/mol. The molecule has 0 bridgehead atoms. The third-order valence-corrected chi connectivity index (χ3v) is 9.50. The summed E-state index contributed by atoms with van der Waals surface area (Å²) in [5.74, 6) is -0.748. The predicted octanol–water partition coefficient (Wildman–Crippen LogP) is 6.45. The lowest BCUT2D eigenvalue weighted by Crippen LogP contribution is -2.54. The first-order valence-electron chi connectivity index (χ1n) is 13.9. The molecule has 10 heteroatoms. The fourth-order valence-electron chi connectivity index (χ4n) is 5.18. The van der Waals surface area contributed by atoms with Crippen molar-refractivity contribution in [3.8, 4) is 0 Å².